The van der Waals surface area contributed by atoms with E-state index in [1.807, 2.05) is 52.0 Å². The molecule has 8 nitrogen and oxygen atoms in total. The van der Waals surface area contributed by atoms with Crippen LogP contribution in [0.2, 0.25) is 0 Å². The van der Waals surface area contributed by atoms with E-state index in [0.29, 0.717) is 32.5 Å². The number of aliphatic hydroxyl groups excluding tert-OH is 2. The van der Waals surface area contributed by atoms with Crippen molar-refractivity contribution in [2.24, 2.45) is 17.8 Å². The molecule has 1 fully saturated rings. The summed E-state index contributed by atoms with van der Waals surface area (Å²) in [4.78, 5) is 25.7. The Bertz CT molecular complexity index is 823. The predicted octanol–water partition coefficient (Wildman–Crippen LogP) is 2.71. The number of carbonyl (C=O) groups excluding carboxylic acids is 2. The average molecular weight is 477 g/mol. The standard InChI is InChI=1S/C26H40N2O6/c1-15(2)11-21(27-26(32)34-18-9-10-33-14-18)22(29)13-20(16(3)4)25(31)28-24-19-8-6-5-7-17(19)12-23(24)30/h5-8,15-16,18,20-24,29-30H,9-14H2,1-4H3,(H,27,32)(H,28,31)/t18-,20+,21-,22-,23+,24-/m0/s1. The van der Waals surface area contributed by atoms with Gasteiger partial charge in [0.1, 0.15) is 6.10 Å². The minimum atomic E-state index is -0.922. The summed E-state index contributed by atoms with van der Waals surface area (Å²) >= 11 is 0. The van der Waals surface area contributed by atoms with Crippen molar-refractivity contribution < 1.29 is 29.3 Å². The van der Waals surface area contributed by atoms with E-state index in [2.05, 4.69) is 10.6 Å². The monoisotopic (exact) mass is 476 g/mol. The number of ether oxygens (including phenoxy) is 2. The quantitative estimate of drug-likeness (QED) is 0.413. The van der Waals surface area contributed by atoms with E-state index in [1.165, 1.54) is 0 Å². The first-order chi connectivity index (χ1) is 16.2. The summed E-state index contributed by atoms with van der Waals surface area (Å²) in [5.74, 6) is -0.494. The largest absolute Gasteiger partial charge is 0.444 e. The van der Waals surface area contributed by atoms with Gasteiger partial charge in [-0.25, -0.2) is 4.79 Å². The number of hydrogen-bond acceptors (Lipinski definition) is 6. The number of aliphatic hydroxyl groups is 2. The third-order valence-corrected chi connectivity index (χ3v) is 6.79. The van der Waals surface area contributed by atoms with Crippen LogP contribution in [0, 0.1) is 17.8 Å². The molecule has 0 bridgehead atoms. The van der Waals surface area contributed by atoms with Gasteiger partial charge in [0.05, 0.1) is 37.5 Å². The molecule has 4 N–H and O–H groups in total. The molecule has 1 heterocycles. The maximum absolute atomic E-state index is 13.3. The highest BCUT2D eigenvalue weighted by Crippen LogP contribution is 2.32. The Morgan fingerprint density at radius 3 is 2.56 bits per heavy atom. The SMILES string of the molecule is CC(C)C[C@H](NC(=O)O[C@H]1CCOC1)[C@@H](O)C[C@@H](C(=O)N[C@H]1c2ccccc2C[C@H]1O)C(C)C. The second-order valence-electron chi connectivity index (χ2n) is 10.4. The lowest BCUT2D eigenvalue weighted by Crippen LogP contribution is -2.48. The molecule has 8 heteroatoms. The van der Waals surface area contributed by atoms with Crippen molar-refractivity contribution in [2.45, 2.75) is 83.8 Å². The van der Waals surface area contributed by atoms with Crippen LogP contribution >= 0.6 is 0 Å². The molecule has 1 aromatic carbocycles. The van der Waals surface area contributed by atoms with Crippen molar-refractivity contribution in [2.75, 3.05) is 13.2 Å². The minimum Gasteiger partial charge on any atom is -0.444 e. The van der Waals surface area contributed by atoms with Crippen LogP contribution in [0.4, 0.5) is 4.79 Å². The Labute approximate surface area is 202 Å². The number of carbonyl (C=O) groups is 2. The second-order valence-corrected chi connectivity index (χ2v) is 10.4. The van der Waals surface area contributed by atoms with Crippen molar-refractivity contribution in [3.8, 4) is 0 Å². The lowest BCUT2D eigenvalue weighted by molar-refractivity contribution is -0.129. The van der Waals surface area contributed by atoms with Gasteiger partial charge in [0.15, 0.2) is 0 Å². The van der Waals surface area contributed by atoms with E-state index in [0.717, 1.165) is 11.1 Å². The van der Waals surface area contributed by atoms with Crippen molar-refractivity contribution in [1.29, 1.82) is 0 Å². The van der Waals surface area contributed by atoms with Crippen molar-refractivity contribution in [1.82, 2.24) is 10.6 Å². The van der Waals surface area contributed by atoms with Gasteiger partial charge in [-0.2, -0.15) is 0 Å². The van der Waals surface area contributed by atoms with E-state index in [-0.39, 0.29) is 30.3 Å². The summed E-state index contributed by atoms with van der Waals surface area (Å²) in [6.07, 6.45) is -0.529. The number of nitrogens with one attached hydrogen (secondary N) is 2. The van der Waals surface area contributed by atoms with Crippen molar-refractivity contribution in [3.05, 3.63) is 35.4 Å². The molecule has 3 rings (SSSR count). The molecule has 2 aliphatic rings. The van der Waals surface area contributed by atoms with Crippen molar-refractivity contribution in [3.63, 3.8) is 0 Å². The molecule has 1 aliphatic carbocycles. The number of hydrogen-bond donors (Lipinski definition) is 4. The number of rotatable bonds is 10. The lowest BCUT2D eigenvalue weighted by Gasteiger charge is -2.31. The first-order valence-electron chi connectivity index (χ1n) is 12.4. The maximum atomic E-state index is 13.3. The first kappa shape index (κ1) is 26.4. The van der Waals surface area contributed by atoms with Gasteiger partial charge in [-0.05, 0) is 35.8 Å². The van der Waals surface area contributed by atoms with E-state index in [9.17, 15) is 19.8 Å². The third-order valence-electron chi connectivity index (χ3n) is 6.79. The summed E-state index contributed by atoms with van der Waals surface area (Å²) in [5.41, 5.74) is 1.97. The molecule has 0 saturated carbocycles. The molecule has 190 valence electrons. The fourth-order valence-corrected chi connectivity index (χ4v) is 4.88. The molecule has 0 aromatic heterocycles. The molecular weight excluding hydrogens is 436 g/mol. The van der Waals surface area contributed by atoms with Gasteiger partial charge in [-0.3, -0.25) is 4.79 Å². The number of benzene rings is 1. The second kappa shape index (κ2) is 12.0. The fraction of sp³-hybridized carbons (Fsp3) is 0.692. The highest BCUT2D eigenvalue weighted by atomic mass is 16.6. The molecule has 0 spiro atoms. The van der Waals surface area contributed by atoms with Gasteiger partial charge in [0.2, 0.25) is 5.91 Å². The molecule has 1 aromatic rings. The molecular formula is C26H40N2O6. The van der Waals surface area contributed by atoms with Crippen LogP contribution in [0.1, 0.15) is 64.1 Å². The van der Waals surface area contributed by atoms with Gasteiger partial charge in [-0.1, -0.05) is 52.0 Å². The summed E-state index contributed by atoms with van der Waals surface area (Å²) in [6.45, 7) is 8.87. The van der Waals surface area contributed by atoms with Gasteiger partial charge in [-0.15, -0.1) is 0 Å². The predicted molar refractivity (Wildman–Crippen MR) is 128 cm³/mol. The molecule has 0 unspecified atom stereocenters. The zero-order chi connectivity index (χ0) is 24.8. The lowest BCUT2D eigenvalue weighted by atomic mass is 9.85. The van der Waals surface area contributed by atoms with Crippen LogP contribution in [-0.4, -0.2) is 59.8 Å². The van der Waals surface area contributed by atoms with E-state index < -0.39 is 36.3 Å². The van der Waals surface area contributed by atoms with Crippen LogP contribution < -0.4 is 10.6 Å². The minimum absolute atomic E-state index is 0.0364. The Morgan fingerprint density at radius 2 is 1.91 bits per heavy atom. The topological polar surface area (TPSA) is 117 Å². The summed E-state index contributed by atoms with van der Waals surface area (Å²) in [7, 11) is 0. The molecule has 1 aliphatic heterocycles. The van der Waals surface area contributed by atoms with Crippen LogP contribution in [0.15, 0.2) is 24.3 Å². The van der Waals surface area contributed by atoms with Crippen molar-refractivity contribution >= 4 is 12.0 Å². The first-order valence-corrected chi connectivity index (χ1v) is 12.4. The zero-order valence-electron chi connectivity index (χ0n) is 20.7. The molecule has 1 saturated heterocycles. The van der Waals surface area contributed by atoms with Crippen LogP contribution in [-0.2, 0) is 20.7 Å². The smallest absolute Gasteiger partial charge is 0.407 e. The van der Waals surface area contributed by atoms with E-state index >= 15 is 0 Å². The Hall–Kier alpha value is -2.16. The fourth-order valence-electron chi connectivity index (χ4n) is 4.88. The van der Waals surface area contributed by atoms with E-state index in [4.69, 9.17) is 9.47 Å². The Morgan fingerprint density at radius 1 is 1.18 bits per heavy atom. The Balaban J connectivity index is 1.64. The molecule has 6 atom stereocenters. The highest BCUT2D eigenvalue weighted by Gasteiger charge is 2.36. The number of alkyl carbamates (subject to hydrolysis) is 1. The summed E-state index contributed by atoms with van der Waals surface area (Å²) in [6, 6.07) is 6.72. The molecule has 34 heavy (non-hydrogen) atoms. The summed E-state index contributed by atoms with van der Waals surface area (Å²) in [5, 5.41) is 27.4. The van der Waals surface area contributed by atoms with Crippen LogP contribution in [0.3, 0.4) is 0 Å². The van der Waals surface area contributed by atoms with Gasteiger partial charge in [0.25, 0.3) is 0 Å². The zero-order valence-corrected chi connectivity index (χ0v) is 20.7. The molecule has 2 amide bonds. The average Bonchev–Trinajstić information content (AvgIpc) is 3.38. The normalized spacial score (nSPS) is 24.5. The van der Waals surface area contributed by atoms with Crippen LogP contribution in [0.25, 0.3) is 0 Å². The maximum Gasteiger partial charge on any atom is 0.407 e. The van der Waals surface area contributed by atoms with Gasteiger partial charge < -0.3 is 30.3 Å². The third kappa shape index (κ3) is 6.93. The number of amides is 2. The van der Waals surface area contributed by atoms with Gasteiger partial charge in [0, 0.05) is 18.8 Å². The summed E-state index contributed by atoms with van der Waals surface area (Å²) < 4.78 is 10.7. The molecule has 0 radical (unpaired) electrons. The van der Waals surface area contributed by atoms with Crippen LogP contribution in [0.5, 0.6) is 0 Å². The highest BCUT2D eigenvalue weighted by molar-refractivity contribution is 5.79. The number of fused-ring (bicyclic) bond motifs is 1. The van der Waals surface area contributed by atoms with E-state index in [1.54, 1.807) is 0 Å². The van der Waals surface area contributed by atoms with Gasteiger partial charge >= 0.3 is 6.09 Å². The Kier molecular flexibility index (Phi) is 9.33.